The van der Waals surface area contributed by atoms with E-state index in [0.29, 0.717) is 22.2 Å². The molecule has 0 unspecified atom stereocenters. The predicted molar refractivity (Wildman–Crippen MR) is 65.6 cm³/mol. The molecule has 0 aliphatic carbocycles. The minimum absolute atomic E-state index is 0.299. The zero-order valence-corrected chi connectivity index (χ0v) is 9.96. The molecule has 0 saturated carbocycles. The maximum Gasteiger partial charge on any atom is 0.341 e. The first kappa shape index (κ1) is 12.3. The van der Waals surface area contributed by atoms with E-state index in [1.54, 1.807) is 12.1 Å². The molecule has 5 nitrogen and oxygen atoms in total. The molecule has 92 valence electrons. The molecule has 1 N–H and O–H groups in total. The van der Waals surface area contributed by atoms with Gasteiger partial charge in [0.2, 0.25) is 0 Å². The van der Waals surface area contributed by atoms with E-state index in [-0.39, 0.29) is 0 Å². The van der Waals surface area contributed by atoms with Crippen molar-refractivity contribution in [3.05, 3.63) is 41.7 Å². The van der Waals surface area contributed by atoms with Gasteiger partial charge in [-0.25, -0.2) is 14.8 Å². The van der Waals surface area contributed by atoms with Crippen LogP contribution < -0.4 is 4.74 Å². The lowest BCUT2D eigenvalue weighted by Crippen LogP contribution is -2.09. The normalized spacial score (nSPS) is 10.1. The van der Waals surface area contributed by atoms with E-state index in [9.17, 15) is 4.79 Å². The molecule has 1 aromatic heterocycles. The summed E-state index contributed by atoms with van der Waals surface area (Å²) in [6.45, 7) is -0.422. The third-order valence-electron chi connectivity index (χ3n) is 2.11. The van der Waals surface area contributed by atoms with Crippen LogP contribution in [0.1, 0.15) is 0 Å². The molecule has 6 heteroatoms. The van der Waals surface area contributed by atoms with Crippen molar-refractivity contribution in [2.45, 2.75) is 0 Å². The van der Waals surface area contributed by atoms with Crippen LogP contribution in [0.2, 0.25) is 5.02 Å². The summed E-state index contributed by atoms with van der Waals surface area (Å²) in [6, 6.07) is 7.19. The van der Waals surface area contributed by atoms with Gasteiger partial charge in [0.1, 0.15) is 0 Å². The Hall–Kier alpha value is -2.14. The minimum atomic E-state index is -1.05. The Labute approximate surface area is 108 Å². The van der Waals surface area contributed by atoms with Crippen LogP contribution in [0.25, 0.3) is 11.4 Å². The van der Waals surface area contributed by atoms with Crippen molar-refractivity contribution in [2.75, 3.05) is 6.61 Å². The number of benzene rings is 1. The Morgan fingerprint density at radius 2 is 1.94 bits per heavy atom. The highest BCUT2D eigenvalue weighted by Gasteiger charge is 2.06. The smallest absolute Gasteiger partial charge is 0.341 e. The van der Waals surface area contributed by atoms with Crippen LogP contribution in [0, 0.1) is 0 Å². The van der Waals surface area contributed by atoms with Crippen molar-refractivity contribution in [3.8, 4) is 17.1 Å². The molecule has 2 rings (SSSR count). The lowest BCUT2D eigenvalue weighted by Gasteiger charge is -2.04. The van der Waals surface area contributed by atoms with Gasteiger partial charge >= 0.3 is 5.97 Å². The molecule has 1 heterocycles. The highest BCUT2D eigenvalue weighted by atomic mass is 35.5. The first-order valence-corrected chi connectivity index (χ1v) is 5.46. The average molecular weight is 265 g/mol. The standard InChI is InChI=1S/C12H9ClN2O3/c13-10-4-2-1-3-9(10)12-14-5-8(6-15-12)18-7-11(16)17/h1-6H,7H2,(H,16,17). The van der Waals surface area contributed by atoms with Crippen molar-refractivity contribution in [1.29, 1.82) is 0 Å². The van der Waals surface area contributed by atoms with E-state index >= 15 is 0 Å². The van der Waals surface area contributed by atoms with E-state index in [2.05, 4.69) is 9.97 Å². The largest absolute Gasteiger partial charge is 0.479 e. The molecule has 0 amide bonds. The van der Waals surface area contributed by atoms with Gasteiger partial charge in [-0.05, 0) is 12.1 Å². The molecular formula is C12H9ClN2O3. The quantitative estimate of drug-likeness (QED) is 0.917. The second kappa shape index (κ2) is 5.46. The molecule has 2 aromatic rings. The Morgan fingerprint density at radius 1 is 1.28 bits per heavy atom. The highest BCUT2D eigenvalue weighted by molar-refractivity contribution is 6.33. The molecule has 0 radical (unpaired) electrons. The predicted octanol–water partition coefficient (Wildman–Crippen LogP) is 2.26. The van der Waals surface area contributed by atoms with Crippen LogP contribution in [-0.2, 0) is 4.79 Å². The lowest BCUT2D eigenvalue weighted by molar-refractivity contribution is -0.139. The molecule has 1 aromatic carbocycles. The number of carbonyl (C=O) groups is 1. The maximum atomic E-state index is 10.3. The number of halogens is 1. The summed E-state index contributed by atoms with van der Waals surface area (Å²) < 4.78 is 4.93. The lowest BCUT2D eigenvalue weighted by atomic mass is 10.2. The molecule has 0 saturated heterocycles. The van der Waals surface area contributed by atoms with Crippen LogP contribution in [0.3, 0.4) is 0 Å². The fourth-order valence-electron chi connectivity index (χ4n) is 1.32. The van der Waals surface area contributed by atoms with Gasteiger partial charge in [-0.1, -0.05) is 23.7 Å². The van der Waals surface area contributed by atoms with Crippen LogP contribution >= 0.6 is 11.6 Å². The number of nitrogens with zero attached hydrogens (tertiary/aromatic N) is 2. The highest BCUT2D eigenvalue weighted by Crippen LogP contribution is 2.24. The number of hydrogen-bond donors (Lipinski definition) is 1. The number of carboxylic acid groups (broad SMARTS) is 1. The number of aliphatic carboxylic acids is 1. The van der Waals surface area contributed by atoms with Gasteiger partial charge in [0.05, 0.1) is 17.4 Å². The molecular weight excluding hydrogens is 256 g/mol. The number of ether oxygens (including phenoxy) is 1. The van der Waals surface area contributed by atoms with E-state index < -0.39 is 12.6 Å². The summed E-state index contributed by atoms with van der Waals surface area (Å²) in [5.74, 6) is -0.290. The van der Waals surface area contributed by atoms with Crippen molar-refractivity contribution in [1.82, 2.24) is 9.97 Å². The summed E-state index contributed by atoms with van der Waals surface area (Å²) in [5.41, 5.74) is 0.712. The summed E-state index contributed by atoms with van der Waals surface area (Å²) in [6.07, 6.45) is 2.82. The van der Waals surface area contributed by atoms with Crippen LogP contribution in [0.5, 0.6) is 5.75 Å². The Balaban J connectivity index is 2.17. The van der Waals surface area contributed by atoms with Gasteiger partial charge in [0.15, 0.2) is 18.2 Å². The molecule has 0 atom stereocenters. The Bertz CT molecular complexity index is 558. The molecule has 0 aliphatic heterocycles. The number of rotatable bonds is 4. The topological polar surface area (TPSA) is 72.3 Å². The fourth-order valence-corrected chi connectivity index (χ4v) is 1.54. The second-order valence-electron chi connectivity index (χ2n) is 3.40. The van der Waals surface area contributed by atoms with Crippen molar-refractivity contribution in [2.24, 2.45) is 0 Å². The summed E-state index contributed by atoms with van der Waals surface area (Å²) in [7, 11) is 0. The average Bonchev–Trinajstić information content (AvgIpc) is 2.38. The van der Waals surface area contributed by atoms with Gasteiger partial charge in [0, 0.05) is 5.56 Å². The zero-order chi connectivity index (χ0) is 13.0. The first-order chi connectivity index (χ1) is 8.66. The van der Waals surface area contributed by atoms with Crippen LogP contribution in [0.15, 0.2) is 36.7 Å². The van der Waals surface area contributed by atoms with E-state index in [0.717, 1.165) is 0 Å². The van der Waals surface area contributed by atoms with E-state index in [1.807, 2.05) is 12.1 Å². The van der Waals surface area contributed by atoms with Crippen molar-refractivity contribution < 1.29 is 14.6 Å². The van der Waals surface area contributed by atoms with Gasteiger partial charge in [-0.2, -0.15) is 0 Å². The maximum absolute atomic E-state index is 10.3. The summed E-state index contributed by atoms with van der Waals surface area (Å²) >= 11 is 6.01. The van der Waals surface area contributed by atoms with Crippen LogP contribution in [0.4, 0.5) is 0 Å². The summed E-state index contributed by atoms with van der Waals surface area (Å²) in [5, 5.41) is 9.01. The summed E-state index contributed by atoms with van der Waals surface area (Å²) in [4.78, 5) is 18.5. The van der Waals surface area contributed by atoms with Gasteiger partial charge in [-0.15, -0.1) is 0 Å². The van der Waals surface area contributed by atoms with Gasteiger partial charge in [-0.3, -0.25) is 0 Å². The van der Waals surface area contributed by atoms with Gasteiger partial charge in [0.25, 0.3) is 0 Å². The van der Waals surface area contributed by atoms with E-state index in [4.69, 9.17) is 21.4 Å². The third-order valence-corrected chi connectivity index (χ3v) is 2.43. The van der Waals surface area contributed by atoms with Crippen molar-refractivity contribution >= 4 is 17.6 Å². The molecule has 18 heavy (non-hydrogen) atoms. The monoisotopic (exact) mass is 264 g/mol. The fraction of sp³-hybridized carbons (Fsp3) is 0.0833. The SMILES string of the molecule is O=C(O)COc1cnc(-c2ccccc2Cl)nc1. The molecule has 0 bridgehead atoms. The second-order valence-corrected chi connectivity index (χ2v) is 3.81. The zero-order valence-electron chi connectivity index (χ0n) is 9.21. The number of aromatic nitrogens is 2. The Kier molecular flexibility index (Phi) is 3.74. The molecule has 0 spiro atoms. The first-order valence-electron chi connectivity index (χ1n) is 5.08. The third kappa shape index (κ3) is 2.95. The minimum Gasteiger partial charge on any atom is -0.479 e. The van der Waals surface area contributed by atoms with E-state index in [1.165, 1.54) is 12.4 Å². The van der Waals surface area contributed by atoms with Crippen molar-refractivity contribution in [3.63, 3.8) is 0 Å². The number of hydrogen-bond acceptors (Lipinski definition) is 4. The van der Waals surface area contributed by atoms with Crippen LogP contribution in [-0.4, -0.2) is 27.7 Å². The molecule has 0 fully saturated rings. The number of carboxylic acids is 1. The molecule has 0 aliphatic rings. The Morgan fingerprint density at radius 3 is 2.56 bits per heavy atom. The van der Waals surface area contributed by atoms with Gasteiger partial charge < -0.3 is 9.84 Å².